The lowest BCUT2D eigenvalue weighted by Crippen LogP contribution is -2.60. The van der Waals surface area contributed by atoms with Crippen molar-refractivity contribution < 1.29 is 39.8 Å². The van der Waals surface area contributed by atoms with Gasteiger partial charge in [0.2, 0.25) is 5.91 Å². The van der Waals surface area contributed by atoms with Gasteiger partial charge in [0.15, 0.2) is 6.29 Å². The molecule has 1 heterocycles. The van der Waals surface area contributed by atoms with Gasteiger partial charge in [0.05, 0.1) is 25.4 Å². The number of carbonyl (C=O) groups is 1. The lowest BCUT2D eigenvalue weighted by molar-refractivity contribution is -0.302. The van der Waals surface area contributed by atoms with E-state index in [4.69, 9.17) is 9.47 Å². The number of carbonyl (C=O) groups excluding carboxylic acids is 1. The number of hydrogen-bond acceptors (Lipinski definition) is 8. The molecule has 1 saturated heterocycles. The van der Waals surface area contributed by atoms with Crippen molar-refractivity contribution in [2.75, 3.05) is 13.2 Å². The summed E-state index contributed by atoms with van der Waals surface area (Å²) in [6.07, 6.45) is 36.5. The van der Waals surface area contributed by atoms with Crippen LogP contribution in [0.2, 0.25) is 0 Å². The SMILES string of the molecule is CC/C=C\C/C=C\C/C=C\CCCCCCCC(=O)NC(COC1OC(CO)C(O)C(O)C1O)C(O)/C=C/CC/C=C/CC/C=C/CCCCCC. The molecule has 9 nitrogen and oxygen atoms in total. The maximum atomic E-state index is 12.9. The Bertz CT molecular complexity index is 1040. The van der Waals surface area contributed by atoms with E-state index in [-0.39, 0.29) is 12.5 Å². The summed E-state index contributed by atoms with van der Waals surface area (Å²) < 4.78 is 11.1. The van der Waals surface area contributed by atoms with Gasteiger partial charge in [-0.25, -0.2) is 0 Å². The van der Waals surface area contributed by atoms with Gasteiger partial charge in [-0.3, -0.25) is 4.79 Å². The summed E-state index contributed by atoms with van der Waals surface area (Å²) in [4.78, 5) is 12.9. The van der Waals surface area contributed by atoms with Crippen LogP contribution in [0.25, 0.3) is 0 Å². The minimum atomic E-state index is -1.58. The highest BCUT2D eigenvalue weighted by atomic mass is 16.7. The Hall–Kier alpha value is -2.37. The summed E-state index contributed by atoms with van der Waals surface area (Å²) in [6.45, 7) is 3.57. The molecule has 0 aliphatic carbocycles. The summed E-state index contributed by atoms with van der Waals surface area (Å²) >= 11 is 0. The Balaban J connectivity index is 2.49. The molecule has 0 aromatic heterocycles. The highest BCUT2D eigenvalue weighted by molar-refractivity contribution is 5.76. The summed E-state index contributed by atoms with van der Waals surface area (Å²) in [5.74, 6) is -0.214. The molecule has 7 atom stereocenters. The zero-order chi connectivity index (χ0) is 38.1. The molecule has 298 valence electrons. The van der Waals surface area contributed by atoms with Gasteiger partial charge in [0, 0.05) is 6.42 Å². The van der Waals surface area contributed by atoms with E-state index in [0.717, 1.165) is 89.9 Å². The fourth-order valence-electron chi connectivity index (χ4n) is 5.73. The summed E-state index contributed by atoms with van der Waals surface area (Å²) in [7, 11) is 0. The molecular weight excluding hydrogens is 658 g/mol. The topological polar surface area (TPSA) is 149 Å². The largest absolute Gasteiger partial charge is 0.394 e. The van der Waals surface area contributed by atoms with E-state index < -0.39 is 49.5 Å². The lowest BCUT2D eigenvalue weighted by Gasteiger charge is -2.40. The van der Waals surface area contributed by atoms with Crippen molar-refractivity contribution in [1.82, 2.24) is 5.32 Å². The summed E-state index contributed by atoms with van der Waals surface area (Å²) in [6, 6.07) is -0.838. The first-order chi connectivity index (χ1) is 25.3. The lowest BCUT2D eigenvalue weighted by atomic mass is 9.99. The van der Waals surface area contributed by atoms with Crippen molar-refractivity contribution in [1.29, 1.82) is 0 Å². The molecule has 0 saturated carbocycles. The van der Waals surface area contributed by atoms with Gasteiger partial charge in [-0.15, -0.1) is 0 Å². The van der Waals surface area contributed by atoms with Crippen molar-refractivity contribution in [3.05, 3.63) is 72.9 Å². The Kier molecular flexibility index (Phi) is 30.4. The van der Waals surface area contributed by atoms with Crippen LogP contribution in [0.4, 0.5) is 0 Å². The fraction of sp³-hybridized carbons (Fsp3) is 0.698. The number of aliphatic hydroxyl groups is 5. The van der Waals surface area contributed by atoms with Gasteiger partial charge in [-0.05, 0) is 77.0 Å². The highest BCUT2D eigenvalue weighted by Gasteiger charge is 2.44. The Morgan fingerprint density at radius 1 is 0.673 bits per heavy atom. The quantitative estimate of drug-likeness (QED) is 0.0319. The number of amides is 1. The number of ether oxygens (including phenoxy) is 2. The second kappa shape index (κ2) is 33.2. The van der Waals surface area contributed by atoms with E-state index in [0.29, 0.717) is 6.42 Å². The summed E-state index contributed by atoms with van der Waals surface area (Å²) in [5.41, 5.74) is 0. The zero-order valence-electron chi connectivity index (χ0n) is 32.3. The number of rotatable bonds is 31. The highest BCUT2D eigenvalue weighted by Crippen LogP contribution is 2.22. The van der Waals surface area contributed by atoms with Gasteiger partial charge in [-0.2, -0.15) is 0 Å². The molecule has 1 aliphatic rings. The number of aliphatic hydroxyl groups excluding tert-OH is 5. The number of hydrogen-bond donors (Lipinski definition) is 6. The third kappa shape index (κ3) is 24.0. The molecule has 0 spiro atoms. The first-order valence-corrected chi connectivity index (χ1v) is 20.2. The zero-order valence-corrected chi connectivity index (χ0v) is 32.3. The van der Waals surface area contributed by atoms with Crippen molar-refractivity contribution >= 4 is 5.91 Å². The van der Waals surface area contributed by atoms with Crippen molar-refractivity contribution in [3.8, 4) is 0 Å². The molecule has 7 unspecified atom stereocenters. The predicted molar refractivity (Wildman–Crippen MR) is 212 cm³/mol. The Labute approximate surface area is 315 Å². The van der Waals surface area contributed by atoms with Crippen molar-refractivity contribution in [3.63, 3.8) is 0 Å². The summed E-state index contributed by atoms with van der Waals surface area (Å²) in [5, 5.41) is 53.9. The number of allylic oxidation sites excluding steroid dienone is 11. The molecule has 1 aliphatic heterocycles. The smallest absolute Gasteiger partial charge is 0.220 e. The molecule has 0 aromatic carbocycles. The molecule has 1 fully saturated rings. The number of unbranched alkanes of at least 4 members (excludes halogenated alkanes) is 11. The van der Waals surface area contributed by atoms with Crippen LogP contribution >= 0.6 is 0 Å². The standard InChI is InChI=1S/C43H73NO8/c1-3-5-7-9-11-13-15-17-19-21-23-25-27-29-31-33-39(47)44-36(35-51-43-42(50)41(49)40(48)38(34-45)52-43)37(46)32-30-28-26-24-22-20-18-16-14-12-10-8-6-4-2/h5,7,11,13-14,16-17,19,22,24,30,32,36-38,40-43,45-46,48-50H,3-4,6,8-10,12,15,18,20-21,23,25-29,31,33-35H2,1-2H3,(H,44,47)/b7-5-,13-11-,16-14+,19-17-,24-22+,32-30+. The third-order valence-corrected chi connectivity index (χ3v) is 8.99. The van der Waals surface area contributed by atoms with E-state index in [2.05, 4.69) is 79.9 Å². The maximum Gasteiger partial charge on any atom is 0.220 e. The van der Waals surface area contributed by atoms with Crippen LogP contribution in [0.1, 0.15) is 136 Å². The van der Waals surface area contributed by atoms with Crippen LogP contribution in [-0.4, -0.2) is 87.5 Å². The first-order valence-electron chi connectivity index (χ1n) is 20.2. The first kappa shape index (κ1) is 47.7. The average Bonchev–Trinajstić information content (AvgIpc) is 3.14. The second-order valence-corrected chi connectivity index (χ2v) is 13.7. The van der Waals surface area contributed by atoms with Crippen LogP contribution in [0.3, 0.4) is 0 Å². The molecule has 52 heavy (non-hydrogen) atoms. The monoisotopic (exact) mass is 732 g/mol. The van der Waals surface area contributed by atoms with Crippen LogP contribution in [0.15, 0.2) is 72.9 Å². The van der Waals surface area contributed by atoms with Crippen LogP contribution in [0, 0.1) is 0 Å². The van der Waals surface area contributed by atoms with E-state index in [1.54, 1.807) is 6.08 Å². The minimum absolute atomic E-state index is 0.214. The molecule has 0 bridgehead atoms. The van der Waals surface area contributed by atoms with Gasteiger partial charge in [0.1, 0.15) is 24.4 Å². The van der Waals surface area contributed by atoms with E-state index >= 15 is 0 Å². The molecule has 1 rings (SSSR count). The van der Waals surface area contributed by atoms with E-state index in [9.17, 15) is 30.3 Å². The fourth-order valence-corrected chi connectivity index (χ4v) is 5.73. The van der Waals surface area contributed by atoms with E-state index in [1.165, 1.54) is 25.7 Å². The average molecular weight is 732 g/mol. The minimum Gasteiger partial charge on any atom is -0.394 e. The van der Waals surface area contributed by atoms with Crippen LogP contribution in [-0.2, 0) is 14.3 Å². The molecular formula is C43H73NO8. The number of nitrogens with one attached hydrogen (secondary N) is 1. The third-order valence-electron chi connectivity index (χ3n) is 8.99. The van der Waals surface area contributed by atoms with Crippen LogP contribution < -0.4 is 5.32 Å². The van der Waals surface area contributed by atoms with Crippen molar-refractivity contribution in [2.24, 2.45) is 0 Å². The normalized spacial score (nSPS) is 22.6. The maximum absolute atomic E-state index is 12.9. The molecule has 9 heteroatoms. The Morgan fingerprint density at radius 2 is 1.21 bits per heavy atom. The van der Waals surface area contributed by atoms with Gasteiger partial charge in [-0.1, -0.05) is 125 Å². The van der Waals surface area contributed by atoms with Gasteiger partial charge in [0.25, 0.3) is 0 Å². The van der Waals surface area contributed by atoms with Crippen LogP contribution in [0.5, 0.6) is 0 Å². The predicted octanol–water partition coefficient (Wildman–Crippen LogP) is 7.44. The Morgan fingerprint density at radius 3 is 1.85 bits per heavy atom. The van der Waals surface area contributed by atoms with Gasteiger partial charge >= 0.3 is 0 Å². The van der Waals surface area contributed by atoms with Gasteiger partial charge < -0.3 is 40.3 Å². The molecule has 6 N–H and O–H groups in total. The molecule has 0 radical (unpaired) electrons. The van der Waals surface area contributed by atoms with Crippen molar-refractivity contribution in [2.45, 2.75) is 179 Å². The molecule has 0 aromatic rings. The molecule has 1 amide bonds. The second-order valence-electron chi connectivity index (χ2n) is 13.7. The van der Waals surface area contributed by atoms with E-state index in [1.807, 2.05) is 6.08 Å².